The van der Waals surface area contributed by atoms with Crippen molar-refractivity contribution in [2.45, 2.75) is 38.8 Å². The molecule has 1 aromatic carbocycles. The van der Waals surface area contributed by atoms with Crippen LogP contribution in [-0.2, 0) is 9.47 Å². The Labute approximate surface area is 84.8 Å². The summed E-state index contributed by atoms with van der Waals surface area (Å²) in [4.78, 5) is 0. The molecule has 2 heteroatoms. The van der Waals surface area contributed by atoms with Gasteiger partial charge in [0.25, 0.3) is 0 Å². The van der Waals surface area contributed by atoms with E-state index in [-0.39, 0.29) is 18.5 Å². The van der Waals surface area contributed by atoms with E-state index >= 15 is 0 Å². The molecule has 3 atom stereocenters. The van der Waals surface area contributed by atoms with Gasteiger partial charge in [-0.05, 0) is 19.4 Å². The van der Waals surface area contributed by atoms with E-state index in [1.807, 2.05) is 25.1 Å². The summed E-state index contributed by atoms with van der Waals surface area (Å²) in [5.41, 5.74) is 1.24. The van der Waals surface area contributed by atoms with Crippen LogP contribution in [0, 0.1) is 0 Å². The molecule has 1 aromatic rings. The van der Waals surface area contributed by atoms with Gasteiger partial charge in [-0.1, -0.05) is 30.3 Å². The number of hydrogen-bond donors (Lipinski definition) is 0. The molecule has 1 saturated heterocycles. The summed E-state index contributed by atoms with van der Waals surface area (Å²) in [5, 5.41) is 0. The molecule has 0 aliphatic carbocycles. The molecule has 1 heterocycles. The fourth-order valence-corrected chi connectivity index (χ4v) is 1.89. The van der Waals surface area contributed by atoms with Gasteiger partial charge >= 0.3 is 0 Å². The highest BCUT2D eigenvalue weighted by Gasteiger charge is 2.25. The van der Waals surface area contributed by atoms with E-state index in [0.717, 1.165) is 6.42 Å². The third-order valence-corrected chi connectivity index (χ3v) is 2.50. The minimum absolute atomic E-state index is 0.0936. The van der Waals surface area contributed by atoms with Crippen molar-refractivity contribution < 1.29 is 9.47 Å². The van der Waals surface area contributed by atoms with Gasteiger partial charge < -0.3 is 9.47 Å². The fourth-order valence-electron chi connectivity index (χ4n) is 1.89. The van der Waals surface area contributed by atoms with Gasteiger partial charge in [0.15, 0.2) is 6.29 Å². The van der Waals surface area contributed by atoms with Crippen molar-refractivity contribution in [1.82, 2.24) is 0 Å². The zero-order valence-electron chi connectivity index (χ0n) is 8.64. The van der Waals surface area contributed by atoms with Crippen LogP contribution in [0.3, 0.4) is 0 Å². The van der Waals surface area contributed by atoms with Crippen LogP contribution in [0.2, 0.25) is 0 Å². The van der Waals surface area contributed by atoms with E-state index in [0.29, 0.717) is 0 Å². The predicted molar refractivity (Wildman–Crippen MR) is 54.9 cm³/mol. The minimum atomic E-state index is -0.0936. The Morgan fingerprint density at radius 1 is 1.07 bits per heavy atom. The maximum Gasteiger partial charge on any atom is 0.155 e. The van der Waals surface area contributed by atoms with Crippen molar-refractivity contribution in [3.63, 3.8) is 0 Å². The summed E-state index contributed by atoms with van der Waals surface area (Å²) in [6.07, 6.45) is 1.32. The number of hydrogen-bond acceptors (Lipinski definition) is 2. The molecule has 0 unspecified atom stereocenters. The Morgan fingerprint density at radius 2 is 1.79 bits per heavy atom. The van der Waals surface area contributed by atoms with Crippen LogP contribution in [0.5, 0.6) is 0 Å². The molecular weight excluding hydrogens is 176 g/mol. The maximum absolute atomic E-state index is 5.72. The summed E-state index contributed by atoms with van der Waals surface area (Å²) in [6.45, 7) is 4.04. The molecule has 0 bridgehead atoms. The second-order valence-corrected chi connectivity index (χ2v) is 3.79. The van der Waals surface area contributed by atoms with Gasteiger partial charge in [0, 0.05) is 6.42 Å². The minimum Gasteiger partial charge on any atom is -0.350 e. The summed E-state index contributed by atoms with van der Waals surface area (Å²) in [6, 6.07) is 10.3. The van der Waals surface area contributed by atoms with E-state index in [1.54, 1.807) is 0 Å². The first kappa shape index (κ1) is 9.69. The zero-order chi connectivity index (χ0) is 9.97. The van der Waals surface area contributed by atoms with Gasteiger partial charge in [-0.25, -0.2) is 0 Å². The summed E-state index contributed by atoms with van der Waals surface area (Å²) < 4.78 is 11.2. The fraction of sp³-hybridized carbons (Fsp3) is 0.500. The molecule has 0 N–H and O–H groups in total. The molecule has 0 amide bonds. The maximum atomic E-state index is 5.72. The lowest BCUT2D eigenvalue weighted by molar-refractivity contribution is -0.231. The van der Waals surface area contributed by atoms with Crippen LogP contribution < -0.4 is 0 Å². The second-order valence-electron chi connectivity index (χ2n) is 3.79. The Morgan fingerprint density at radius 3 is 2.43 bits per heavy atom. The Balaban J connectivity index is 2.11. The van der Waals surface area contributed by atoms with Gasteiger partial charge in [-0.15, -0.1) is 0 Å². The van der Waals surface area contributed by atoms with Crippen molar-refractivity contribution in [3.8, 4) is 0 Å². The number of rotatable bonds is 1. The van der Waals surface area contributed by atoms with E-state index < -0.39 is 0 Å². The molecule has 1 aliphatic heterocycles. The summed E-state index contributed by atoms with van der Waals surface area (Å²) >= 11 is 0. The lowest BCUT2D eigenvalue weighted by atomic mass is 10.0. The van der Waals surface area contributed by atoms with Gasteiger partial charge in [-0.2, -0.15) is 0 Å². The average Bonchev–Trinajstić information content (AvgIpc) is 2.18. The van der Waals surface area contributed by atoms with Gasteiger partial charge in [0.1, 0.15) is 0 Å². The van der Waals surface area contributed by atoms with Crippen LogP contribution in [0.25, 0.3) is 0 Å². The zero-order valence-corrected chi connectivity index (χ0v) is 8.64. The highest BCUT2D eigenvalue weighted by Crippen LogP contribution is 2.30. The molecule has 2 rings (SSSR count). The van der Waals surface area contributed by atoms with E-state index in [9.17, 15) is 0 Å². The van der Waals surface area contributed by atoms with E-state index in [4.69, 9.17) is 9.47 Å². The third-order valence-electron chi connectivity index (χ3n) is 2.50. The molecule has 2 nitrogen and oxygen atoms in total. The molecule has 0 radical (unpaired) electrons. The molecule has 0 aromatic heterocycles. The number of benzene rings is 1. The second kappa shape index (κ2) is 4.11. The molecule has 0 spiro atoms. The van der Waals surface area contributed by atoms with Crippen molar-refractivity contribution in [2.24, 2.45) is 0 Å². The van der Waals surface area contributed by atoms with Crippen LogP contribution in [0.1, 0.15) is 31.9 Å². The average molecular weight is 192 g/mol. The van der Waals surface area contributed by atoms with Gasteiger partial charge in [-0.3, -0.25) is 0 Å². The highest BCUT2D eigenvalue weighted by atomic mass is 16.7. The van der Waals surface area contributed by atoms with Crippen LogP contribution in [0.15, 0.2) is 30.3 Å². The molecule has 1 aliphatic rings. The standard InChI is InChI=1S/C12H16O2/c1-9-8-12(14-10(2)13-9)11-6-4-3-5-7-11/h3-7,9-10,12H,8H2,1-2H3/t9-,10-,12-/m1/s1. The Bertz CT molecular complexity index is 274. The van der Waals surface area contributed by atoms with Crippen LogP contribution in [0.4, 0.5) is 0 Å². The molecule has 0 saturated carbocycles. The van der Waals surface area contributed by atoms with Crippen molar-refractivity contribution in [1.29, 1.82) is 0 Å². The monoisotopic (exact) mass is 192 g/mol. The first-order valence-electron chi connectivity index (χ1n) is 5.11. The summed E-state index contributed by atoms with van der Waals surface area (Å²) in [5.74, 6) is 0. The van der Waals surface area contributed by atoms with Crippen molar-refractivity contribution in [2.75, 3.05) is 0 Å². The van der Waals surface area contributed by atoms with Crippen LogP contribution in [-0.4, -0.2) is 12.4 Å². The topological polar surface area (TPSA) is 18.5 Å². The Kier molecular flexibility index (Phi) is 2.85. The van der Waals surface area contributed by atoms with E-state index in [2.05, 4.69) is 19.1 Å². The molecule has 14 heavy (non-hydrogen) atoms. The highest BCUT2D eigenvalue weighted by molar-refractivity contribution is 5.17. The molecular formula is C12H16O2. The van der Waals surface area contributed by atoms with E-state index in [1.165, 1.54) is 5.56 Å². The van der Waals surface area contributed by atoms with Crippen LogP contribution >= 0.6 is 0 Å². The van der Waals surface area contributed by atoms with Gasteiger partial charge in [0.05, 0.1) is 12.2 Å². The molecule has 1 fully saturated rings. The van der Waals surface area contributed by atoms with Crippen molar-refractivity contribution >= 4 is 0 Å². The normalized spacial score (nSPS) is 32.9. The third kappa shape index (κ3) is 2.14. The molecule has 76 valence electrons. The van der Waals surface area contributed by atoms with Gasteiger partial charge in [0.2, 0.25) is 0 Å². The quantitative estimate of drug-likeness (QED) is 0.681. The first-order valence-corrected chi connectivity index (χ1v) is 5.11. The largest absolute Gasteiger partial charge is 0.350 e. The predicted octanol–water partition coefficient (Wildman–Crippen LogP) is 2.90. The van der Waals surface area contributed by atoms with Crippen molar-refractivity contribution in [3.05, 3.63) is 35.9 Å². The Hall–Kier alpha value is -0.860. The smallest absolute Gasteiger partial charge is 0.155 e. The SMILES string of the molecule is C[C@@H]1O[C@H](C)C[C@H](c2ccccc2)O1. The lowest BCUT2D eigenvalue weighted by Gasteiger charge is -2.32. The lowest BCUT2D eigenvalue weighted by Crippen LogP contribution is -2.30. The first-order chi connectivity index (χ1) is 6.75. The number of ether oxygens (including phenoxy) is 2. The summed E-state index contributed by atoms with van der Waals surface area (Å²) in [7, 11) is 0.